The topological polar surface area (TPSA) is 130 Å². The summed E-state index contributed by atoms with van der Waals surface area (Å²) in [6.45, 7) is 5.38. The smallest absolute Gasteiger partial charge is 0.363 e. The highest BCUT2D eigenvalue weighted by atomic mass is 16.6. The fraction of sp³-hybridized carbons (Fsp3) is 0.200. The van der Waals surface area contributed by atoms with Gasteiger partial charge < -0.3 is 18.9 Å². The van der Waals surface area contributed by atoms with Crippen molar-refractivity contribution in [2.75, 3.05) is 0 Å². The van der Waals surface area contributed by atoms with Crippen LogP contribution in [0, 0.1) is 0 Å². The molecule has 0 unspecified atom stereocenters. The van der Waals surface area contributed by atoms with Crippen LogP contribution in [0.3, 0.4) is 0 Å². The lowest BCUT2D eigenvalue weighted by molar-refractivity contribution is -0.132. The van der Waals surface area contributed by atoms with Gasteiger partial charge in [0.15, 0.2) is 23.2 Å². The van der Waals surface area contributed by atoms with Crippen LogP contribution in [0.5, 0.6) is 11.5 Å². The van der Waals surface area contributed by atoms with Crippen molar-refractivity contribution in [1.29, 1.82) is 0 Å². The number of carbonyl (C=O) groups is 4. The Morgan fingerprint density at radius 1 is 0.833 bits per heavy atom. The SMILES string of the molecule is CC(=O)Oc1cc(C=C2N=C(C)OC2=O)cc(OC(C)=O)c1/C=C1\N=C(C)OC1=O. The van der Waals surface area contributed by atoms with Gasteiger partial charge in [0.05, 0.1) is 5.56 Å². The van der Waals surface area contributed by atoms with E-state index in [1.807, 2.05) is 0 Å². The highest BCUT2D eigenvalue weighted by Crippen LogP contribution is 2.35. The molecular formula is C20H16N2O8. The summed E-state index contributed by atoms with van der Waals surface area (Å²) in [6.07, 6.45) is 2.65. The summed E-state index contributed by atoms with van der Waals surface area (Å²) in [6, 6.07) is 2.84. The second-order valence-corrected chi connectivity index (χ2v) is 6.22. The number of aliphatic imine (C=N–C) groups is 2. The Balaban J connectivity index is 2.19. The van der Waals surface area contributed by atoms with E-state index in [1.54, 1.807) is 0 Å². The minimum atomic E-state index is -0.709. The lowest BCUT2D eigenvalue weighted by Gasteiger charge is -2.13. The molecular weight excluding hydrogens is 396 g/mol. The highest BCUT2D eigenvalue weighted by molar-refractivity contribution is 6.08. The van der Waals surface area contributed by atoms with Gasteiger partial charge in [0.25, 0.3) is 0 Å². The van der Waals surface area contributed by atoms with E-state index in [0.29, 0.717) is 5.56 Å². The molecule has 3 rings (SSSR count). The Morgan fingerprint density at radius 3 is 1.63 bits per heavy atom. The maximum atomic E-state index is 11.9. The van der Waals surface area contributed by atoms with Crippen molar-refractivity contribution in [3.8, 4) is 11.5 Å². The van der Waals surface area contributed by atoms with E-state index in [0.717, 1.165) is 0 Å². The number of rotatable bonds is 4. The molecule has 1 aromatic rings. The van der Waals surface area contributed by atoms with E-state index in [-0.39, 0.29) is 40.3 Å². The van der Waals surface area contributed by atoms with Crippen LogP contribution in [-0.4, -0.2) is 35.7 Å². The molecule has 2 aliphatic rings. The first-order chi connectivity index (χ1) is 14.1. The monoisotopic (exact) mass is 412 g/mol. The molecule has 0 fully saturated rings. The third-order valence-electron chi connectivity index (χ3n) is 3.67. The molecule has 0 aliphatic carbocycles. The second kappa shape index (κ2) is 8.11. The van der Waals surface area contributed by atoms with Crippen LogP contribution in [-0.2, 0) is 28.7 Å². The van der Waals surface area contributed by atoms with Crippen LogP contribution in [0.4, 0.5) is 0 Å². The van der Waals surface area contributed by atoms with E-state index in [2.05, 4.69) is 9.98 Å². The van der Waals surface area contributed by atoms with Crippen LogP contribution in [0.2, 0.25) is 0 Å². The molecule has 0 radical (unpaired) electrons. The van der Waals surface area contributed by atoms with E-state index in [9.17, 15) is 19.2 Å². The molecule has 0 spiro atoms. The number of hydrogen-bond acceptors (Lipinski definition) is 10. The van der Waals surface area contributed by atoms with Crippen molar-refractivity contribution >= 4 is 47.8 Å². The molecule has 154 valence electrons. The molecule has 0 saturated heterocycles. The summed E-state index contributed by atoms with van der Waals surface area (Å²) in [4.78, 5) is 54.9. The summed E-state index contributed by atoms with van der Waals surface area (Å²) in [5, 5.41) is 0. The number of cyclic esters (lactones) is 2. The standard InChI is InChI=1S/C20H16N2O8/c1-9-21-15(19(25)27-9)5-13-6-17(29-11(3)23)14(18(7-13)30-12(4)24)8-16-20(26)28-10(2)22-16/h5-8H,1-4H3/b15-5?,16-8-. The van der Waals surface area contributed by atoms with Crippen molar-refractivity contribution < 1.29 is 38.1 Å². The van der Waals surface area contributed by atoms with Gasteiger partial charge in [-0.2, -0.15) is 0 Å². The lowest BCUT2D eigenvalue weighted by atomic mass is 10.1. The van der Waals surface area contributed by atoms with Crippen molar-refractivity contribution in [2.24, 2.45) is 9.98 Å². The number of esters is 4. The molecule has 10 nitrogen and oxygen atoms in total. The first-order valence-corrected chi connectivity index (χ1v) is 8.65. The van der Waals surface area contributed by atoms with Gasteiger partial charge in [-0.3, -0.25) is 9.59 Å². The molecule has 0 N–H and O–H groups in total. The van der Waals surface area contributed by atoms with Crippen molar-refractivity contribution in [2.45, 2.75) is 27.7 Å². The van der Waals surface area contributed by atoms with Crippen molar-refractivity contribution in [1.82, 2.24) is 0 Å². The molecule has 2 heterocycles. The average molecular weight is 412 g/mol. The fourth-order valence-corrected chi connectivity index (χ4v) is 2.65. The van der Waals surface area contributed by atoms with Gasteiger partial charge in [0.2, 0.25) is 0 Å². The van der Waals surface area contributed by atoms with E-state index in [4.69, 9.17) is 18.9 Å². The molecule has 10 heteroatoms. The van der Waals surface area contributed by atoms with Gasteiger partial charge in [-0.15, -0.1) is 0 Å². The maximum absolute atomic E-state index is 11.9. The van der Waals surface area contributed by atoms with E-state index >= 15 is 0 Å². The molecule has 2 aliphatic heterocycles. The zero-order valence-corrected chi connectivity index (χ0v) is 16.5. The second-order valence-electron chi connectivity index (χ2n) is 6.22. The summed E-state index contributed by atoms with van der Waals surface area (Å²) in [5.74, 6) is -2.41. The summed E-state index contributed by atoms with van der Waals surface area (Å²) >= 11 is 0. The van der Waals surface area contributed by atoms with Gasteiger partial charge in [0, 0.05) is 27.7 Å². The Kier molecular flexibility index (Phi) is 5.58. The van der Waals surface area contributed by atoms with Crippen molar-refractivity contribution in [3.05, 3.63) is 34.7 Å². The predicted octanol–water partition coefficient (Wildman–Crippen LogP) is 2.17. The molecule has 0 bridgehead atoms. The number of nitrogens with zero attached hydrogens (tertiary/aromatic N) is 2. The average Bonchev–Trinajstić information content (AvgIpc) is 3.09. The lowest BCUT2D eigenvalue weighted by Crippen LogP contribution is -2.08. The Hall–Kier alpha value is -4.08. The fourth-order valence-electron chi connectivity index (χ4n) is 2.65. The van der Waals surface area contributed by atoms with Crippen LogP contribution in [0.15, 0.2) is 33.5 Å². The number of carbonyl (C=O) groups excluding carboxylic acids is 4. The normalized spacial score (nSPS) is 18.1. The zero-order chi connectivity index (χ0) is 22.0. The quantitative estimate of drug-likeness (QED) is 0.418. The van der Waals surface area contributed by atoms with Crippen LogP contribution >= 0.6 is 0 Å². The summed E-state index contributed by atoms with van der Waals surface area (Å²) < 4.78 is 20.2. The van der Waals surface area contributed by atoms with Gasteiger partial charge in [-0.05, 0) is 29.8 Å². The number of benzene rings is 1. The maximum Gasteiger partial charge on any atom is 0.363 e. The van der Waals surface area contributed by atoms with Crippen LogP contribution in [0.1, 0.15) is 38.8 Å². The third-order valence-corrected chi connectivity index (χ3v) is 3.67. The first kappa shape index (κ1) is 20.6. The molecule has 30 heavy (non-hydrogen) atoms. The third kappa shape index (κ3) is 4.66. The van der Waals surface area contributed by atoms with Gasteiger partial charge in [-0.25, -0.2) is 19.6 Å². The van der Waals surface area contributed by atoms with E-state index in [1.165, 1.54) is 52.0 Å². The van der Waals surface area contributed by atoms with Crippen LogP contribution < -0.4 is 9.47 Å². The Morgan fingerprint density at radius 2 is 1.27 bits per heavy atom. The van der Waals surface area contributed by atoms with Gasteiger partial charge >= 0.3 is 23.9 Å². The van der Waals surface area contributed by atoms with E-state index < -0.39 is 23.9 Å². The molecule has 0 saturated carbocycles. The molecule has 0 atom stereocenters. The first-order valence-electron chi connectivity index (χ1n) is 8.65. The largest absolute Gasteiger partial charge is 0.426 e. The molecule has 0 aromatic heterocycles. The Bertz CT molecular complexity index is 1070. The van der Waals surface area contributed by atoms with Crippen molar-refractivity contribution in [3.63, 3.8) is 0 Å². The summed E-state index contributed by atoms with van der Waals surface area (Å²) in [5.41, 5.74) is 0.395. The van der Waals surface area contributed by atoms with Crippen LogP contribution in [0.25, 0.3) is 12.2 Å². The Labute approximate surface area is 170 Å². The zero-order valence-electron chi connectivity index (χ0n) is 16.5. The minimum Gasteiger partial charge on any atom is -0.426 e. The van der Waals surface area contributed by atoms with Gasteiger partial charge in [-0.1, -0.05) is 0 Å². The predicted molar refractivity (Wildman–Crippen MR) is 103 cm³/mol. The highest BCUT2D eigenvalue weighted by Gasteiger charge is 2.24. The van der Waals surface area contributed by atoms with Gasteiger partial charge in [0.1, 0.15) is 11.5 Å². The molecule has 1 aromatic carbocycles. The number of hydrogen-bond donors (Lipinski definition) is 0. The summed E-state index contributed by atoms with van der Waals surface area (Å²) in [7, 11) is 0. The molecule has 0 amide bonds. The number of ether oxygens (including phenoxy) is 4. The minimum absolute atomic E-state index is 0.0146.